The number of hydrogen-bond acceptors (Lipinski definition) is 30. The number of aliphatic hydroxyl groups excluding tert-OH is 13. The Morgan fingerprint density at radius 1 is 0.527 bits per heavy atom. The Kier molecular flexibility index (Phi) is 35.8. The number of primary amides is 1. The first-order valence-corrected chi connectivity index (χ1v) is 30.5. The topological polar surface area (TPSA) is 558 Å². The summed E-state index contributed by atoms with van der Waals surface area (Å²) >= 11 is 0. The van der Waals surface area contributed by atoms with Crippen molar-refractivity contribution in [1.29, 1.82) is 0 Å². The molecule has 0 aliphatic carbocycles. The second-order valence-electron chi connectivity index (χ2n) is 25.7. The predicted molar refractivity (Wildman–Crippen MR) is 322 cm³/mol. The lowest BCUT2D eigenvalue weighted by molar-refractivity contribution is -0.302. The number of nitrogens with one attached hydrogen (secondary N) is 4. The van der Waals surface area contributed by atoms with Crippen molar-refractivity contribution in [1.82, 2.24) is 21.3 Å². The molecule has 5 amide bonds. The minimum atomic E-state index is -1.45. The van der Waals surface area contributed by atoms with Gasteiger partial charge in [0.2, 0.25) is 17.7 Å². The number of Topliss-reactive ketones (excluding diaryl/α,β-unsaturated/α-hetero) is 1. The van der Waals surface area contributed by atoms with E-state index in [1.54, 1.807) is 48.5 Å². The van der Waals surface area contributed by atoms with Crippen molar-refractivity contribution < 1.29 is 143 Å². The third-order valence-electron chi connectivity index (χ3n) is 14.9. The van der Waals surface area contributed by atoms with Crippen LogP contribution in [0.15, 0.2) is 0 Å². The molecule has 35 nitrogen and oxygen atoms in total. The van der Waals surface area contributed by atoms with E-state index in [4.69, 9.17) is 69.0 Å². The van der Waals surface area contributed by atoms with Crippen molar-refractivity contribution in [3.05, 3.63) is 0 Å². The van der Waals surface area contributed by atoms with Gasteiger partial charge in [-0.3, -0.25) is 28.8 Å². The maximum absolute atomic E-state index is 11.6. The summed E-state index contributed by atoms with van der Waals surface area (Å²) in [5.74, 6) is -6.32. The van der Waals surface area contributed by atoms with Crippen LogP contribution in [0, 0.1) is 5.41 Å². The largest absolute Gasteiger partial charge is 0.394 e. The Morgan fingerprint density at radius 3 is 1.28 bits per heavy atom. The number of carbonyl (C=O) groups is 6. The third kappa shape index (κ3) is 28.2. The second kappa shape index (κ2) is 38.3. The summed E-state index contributed by atoms with van der Waals surface area (Å²) in [6, 6.07) is -4.02. The zero-order valence-corrected chi connectivity index (χ0v) is 56.4. The molecule has 22 atom stereocenters. The van der Waals surface area contributed by atoms with Gasteiger partial charge in [-0.1, -0.05) is 34.6 Å². The maximum atomic E-state index is 11.6. The van der Waals surface area contributed by atoms with Crippen molar-refractivity contribution in [3.63, 3.8) is 0 Å². The van der Waals surface area contributed by atoms with E-state index < -0.39 is 182 Å². The second-order valence-corrected chi connectivity index (χ2v) is 25.7. The van der Waals surface area contributed by atoms with E-state index in [2.05, 4.69) is 21.3 Å². The van der Waals surface area contributed by atoms with Gasteiger partial charge in [0.25, 0.3) is 0 Å². The number of ether oxygens (including phenoxy) is 10. The molecule has 0 aromatic heterocycles. The summed E-state index contributed by atoms with van der Waals surface area (Å²) in [5.41, 5.74) is 10.9. The van der Waals surface area contributed by atoms with E-state index in [-0.39, 0.29) is 55.7 Å². The highest BCUT2D eigenvalue weighted by Gasteiger charge is 2.53. The Labute approximate surface area is 542 Å². The van der Waals surface area contributed by atoms with Gasteiger partial charge in [0, 0.05) is 26.2 Å². The lowest BCUT2D eigenvalue weighted by Crippen LogP contribution is -2.63. The molecule has 0 radical (unpaired) electrons. The van der Waals surface area contributed by atoms with Crippen LogP contribution in [0.2, 0.25) is 0 Å². The Morgan fingerprint density at radius 2 is 0.914 bits per heavy atom. The van der Waals surface area contributed by atoms with Crippen molar-refractivity contribution in [3.8, 4) is 0 Å². The zero-order valence-electron chi connectivity index (χ0n) is 56.4. The van der Waals surface area contributed by atoms with Gasteiger partial charge in [-0.2, -0.15) is 0 Å². The number of carbonyl (C=O) groups excluding carboxylic acids is 6. The van der Waals surface area contributed by atoms with E-state index in [0.717, 1.165) is 0 Å². The third-order valence-corrected chi connectivity index (χ3v) is 14.9. The number of aliphatic hydroxyl groups is 13. The molecule has 6 saturated heterocycles. The van der Waals surface area contributed by atoms with Gasteiger partial charge >= 0.3 is 11.8 Å². The average Bonchev–Trinajstić information content (AvgIpc) is 1.72. The number of amides is 5. The molecule has 93 heavy (non-hydrogen) atoms. The summed E-state index contributed by atoms with van der Waals surface area (Å²) < 4.78 is 55.5. The van der Waals surface area contributed by atoms with Crippen LogP contribution in [0.4, 0.5) is 0 Å². The molecule has 546 valence electrons. The smallest absolute Gasteiger partial charge is 0.309 e. The first kappa shape index (κ1) is 87.1. The molecule has 0 aromatic rings. The van der Waals surface area contributed by atoms with Crippen molar-refractivity contribution in [2.45, 2.75) is 288 Å². The first-order valence-electron chi connectivity index (χ1n) is 30.5. The Balaban J connectivity index is 0.000000572. The lowest BCUT2D eigenvalue weighted by atomic mass is 9.92. The summed E-state index contributed by atoms with van der Waals surface area (Å²) in [4.78, 5) is 65.3. The molecule has 6 rings (SSSR count). The number of hydrogen-bond donors (Lipinski definition) is 19. The molecule has 21 N–H and O–H groups in total. The number of nitrogens with two attached hydrogens (primary N) is 2. The van der Waals surface area contributed by atoms with Crippen molar-refractivity contribution >= 4 is 35.3 Å². The molecule has 0 bridgehead atoms. The van der Waals surface area contributed by atoms with Gasteiger partial charge in [0.15, 0.2) is 35.7 Å². The molecule has 0 spiro atoms. The molecule has 6 heterocycles. The van der Waals surface area contributed by atoms with Crippen LogP contribution in [0.5, 0.6) is 0 Å². The SMILES string of the molecule is CC(=O)C(C)(C)C.CC(=O)NC1C(O)OC(CO)C(O)C1O.CC1(C)OCC(N)C([C@@H]2OC(C)(C)OC2CO)O1.CC1(C)OCC(NC(=O)C(N)=O)C([C@@H]2OC(C)(C)OC2CO)O1.CCC1OC(O)C(NC(C)=O)C(O)C1O.CC[C@@H](O)[C@@H](O)[C@H](O)[C@@H](CO)NC(C)=O. The van der Waals surface area contributed by atoms with E-state index in [0.29, 0.717) is 13.0 Å². The maximum Gasteiger partial charge on any atom is 0.309 e. The van der Waals surface area contributed by atoms with E-state index in [1.165, 1.54) is 20.8 Å². The summed E-state index contributed by atoms with van der Waals surface area (Å²) in [5, 5.41) is 131. The number of ketones is 1. The van der Waals surface area contributed by atoms with Crippen LogP contribution in [0.25, 0.3) is 0 Å². The van der Waals surface area contributed by atoms with Gasteiger partial charge < -0.3 is 146 Å². The monoisotopic (exact) mass is 1350 g/mol. The molecule has 35 heteroatoms. The van der Waals surface area contributed by atoms with Gasteiger partial charge in [0.05, 0.1) is 70.0 Å². The normalized spacial score (nSPS) is 34.4. The highest BCUT2D eigenvalue weighted by Crippen LogP contribution is 2.37. The molecular weight excluding hydrogens is 1240 g/mol. The Hall–Kier alpha value is -3.94. The summed E-state index contributed by atoms with van der Waals surface area (Å²) in [7, 11) is 0. The van der Waals surface area contributed by atoms with E-state index >= 15 is 0 Å². The molecule has 6 aliphatic rings. The fraction of sp³-hybridized carbons (Fsp3) is 0.897. The van der Waals surface area contributed by atoms with Gasteiger partial charge in [-0.25, -0.2) is 0 Å². The van der Waals surface area contributed by atoms with E-state index in [1.807, 2.05) is 48.5 Å². The van der Waals surface area contributed by atoms with Crippen LogP contribution >= 0.6 is 0 Å². The quantitative estimate of drug-likeness (QED) is 0.0678. The van der Waals surface area contributed by atoms with Gasteiger partial charge in [-0.05, 0) is 75.2 Å². The highest BCUT2D eigenvalue weighted by atomic mass is 16.8. The number of rotatable bonds is 15. The van der Waals surface area contributed by atoms with Crippen LogP contribution < -0.4 is 32.7 Å². The van der Waals surface area contributed by atoms with Gasteiger partial charge in [-0.15, -0.1) is 0 Å². The molecule has 0 aromatic carbocycles. The zero-order chi connectivity index (χ0) is 72.2. The molecule has 16 unspecified atom stereocenters. The van der Waals surface area contributed by atoms with Crippen LogP contribution in [-0.4, -0.2) is 299 Å². The van der Waals surface area contributed by atoms with Gasteiger partial charge in [0.1, 0.15) is 97.2 Å². The average molecular weight is 1360 g/mol. The lowest BCUT2D eigenvalue weighted by Gasteiger charge is -2.43. The minimum absolute atomic E-state index is 0.106. The fourth-order valence-corrected chi connectivity index (χ4v) is 9.57. The first-order chi connectivity index (χ1) is 42.6. The van der Waals surface area contributed by atoms with Crippen molar-refractivity contribution in [2.24, 2.45) is 16.9 Å². The minimum Gasteiger partial charge on any atom is -0.394 e. The van der Waals surface area contributed by atoms with E-state index in [9.17, 15) is 84.9 Å². The van der Waals surface area contributed by atoms with Crippen molar-refractivity contribution in [2.75, 3.05) is 39.6 Å². The molecular formula is C58H110N6O29. The van der Waals surface area contributed by atoms with Crippen LogP contribution in [0.1, 0.15) is 131 Å². The molecule has 0 saturated carbocycles. The summed E-state index contributed by atoms with van der Waals surface area (Å²) in [6.45, 7) is 27.7. The molecule has 6 aliphatic heterocycles. The standard InChI is InChI=1S/C14H24N2O7.C12H23NO5.C9H17NO5.C9H19NO5.C8H15NO6.C6H12O/c1-13(2)20-6-7(16-12(19)11(15)18)9(22-13)10-8(5-17)21-14(3,4)23-10;1-11(2)15-6-7(13)9(17-11)10-8(5-14)16-12(3,4)18-10;1-3-5-7(12)8(13)6(9(14)15-5)10-4(2)11;1-3-7(13)9(15)8(14)6(4-11)10-5(2)12;1-3(11)9-5-7(13)6(12)4(2-10)15-8(5)14;1-5(7)6(2,3)4/h7-10,17H,5-6H2,1-4H3,(H2,15,18)(H,16,19);7-10,14H,5-6,13H2,1-4H3;5-9,12-14H,3H2,1-2H3,(H,10,11);6-9,11,13-15H,3-4H2,1-2H3,(H,10,12);4-8,10,12-14H,2H2,1H3,(H,9,11);1-4H3/t2*7?,8?,9?,10-;;6-,7-,8-,9-;;/m11.1../s1. The summed E-state index contributed by atoms with van der Waals surface area (Å²) in [6.07, 6.45) is -15.7. The van der Waals surface area contributed by atoms with Crippen LogP contribution in [-0.2, 0) is 76.1 Å². The Bertz CT molecular complexity index is 2250. The van der Waals surface area contributed by atoms with Crippen LogP contribution in [0.3, 0.4) is 0 Å². The predicted octanol–water partition coefficient (Wildman–Crippen LogP) is -6.54. The highest BCUT2D eigenvalue weighted by molar-refractivity contribution is 6.34. The fourth-order valence-electron chi connectivity index (χ4n) is 9.57. The molecule has 6 fully saturated rings.